The van der Waals surface area contributed by atoms with Crippen LogP contribution in [0, 0.1) is 0 Å². The van der Waals surface area contributed by atoms with Crippen molar-refractivity contribution in [2.45, 2.75) is 58.1 Å². The van der Waals surface area contributed by atoms with Gasteiger partial charge in [-0.25, -0.2) is 0 Å². The molecule has 0 amide bonds. The summed E-state index contributed by atoms with van der Waals surface area (Å²) in [5.41, 5.74) is 3.85. The largest absolute Gasteiger partial charge is 0.497 e. The highest BCUT2D eigenvalue weighted by molar-refractivity contribution is 7.22. The summed E-state index contributed by atoms with van der Waals surface area (Å²) in [4.78, 5) is 6.31. The number of nitrogens with zero attached hydrogens (tertiary/aromatic N) is 2. The lowest BCUT2D eigenvalue weighted by molar-refractivity contribution is 0.0706. The topological polar surface area (TPSA) is 34.2 Å². The van der Waals surface area contributed by atoms with Crippen LogP contribution in [0.15, 0.2) is 78.9 Å². The maximum atomic E-state index is 6.58. The molecule has 1 aromatic heterocycles. The summed E-state index contributed by atoms with van der Waals surface area (Å²) < 4.78 is 19.5. The molecule has 0 radical (unpaired) electrons. The van der Waals surface area contributed by atoms with Crippen molar-refractivity contribution in [3.05, 3.63) is 90.0 Å². The van der Waals surface area contributed by atoms with Gasteiger partial charge in [0.1, 0.15) is 30.0 Å². The van der Waals surface area contributed by atoms with Gasteiger partial charge in [-0.3, -0.25) is 9.80 Å². The lowest BCUT2D eigenvalue weighted by Gasteiger charge is -2.37. The summed E-state index contributed by atoms with van der Waals surface area (Å²) in [5.74, 6) is 2.77. The molecule has 1 aliphatic carbocycles. The minimum atomic E-state index is 0.181. The number of fused-ring (bicyclic) bond motifs is 1. The Morgan fingerprint density at radius 2 is 1.55 bits per heavy atom. The standard InChI is InChI=1S/C38H46N2O3S/c1-4-40(5-2)35-10-6-7-11-36(35)43-31-16-12-28(13-17-31)26-34-33-21-20-32(41-3)27-37(33)44-38(34)29-14-18-30(19-15-29)42-25-24-39-22-8-9-23-39/h6-7,12-21,27,35-36H,4-5,8-11,22-26H2,1-3H3/t35?,36-/m0/s1. The Morgan fingerprint density at radius 3 is 2.27 bits per heavy atom. The lowest BCUT2D eigenvalue weighted by Crippen LogP contribution is -2.46. The summed E-state index contributed by atoms with van der Waals surface area (Å²) in [7, 11) is 1.73. The first kappa shape index (κ1) is 30.7. The SMILES string of the molecule is CCN(CC)C1CC=CC[C@@H]1Oc1ccc(Cc2c(-c3ccc(OCCN4CCCC4)cc3)sc3cc(OC)ccc23)cc1. The molecule has 6 heteroatoms. The van der Waals surface area contributed by atoms with Gasteiger partial charge in [0.25, 0.3) is 0 Å². The molecular weight excluding hydrogens is 564 g/mol. The van der Waals surface area contributed by atoms with Crippen LogP contribution in [-0.2, 0) is 6.42 Å². The Bertz CT molecular complexity index is 1520. The minimum Gasteiger partial charge on any atom is -0.497 e. The zero-order chi connectivity index (χ0) is 30.3. The number of hydrogen-bond donors (Lipinski definition) is 0. The summed E-state index contributed by atoms with van der Waals surface area (Å²) in [6, 6.07) is 24.3. The number of methoxy groups -OCH3 is 1. The maximum absolute atomic E-state index is 6.58. The molecule has 1 fully saturated rings. The van der Waals surface area contributed by atoms with Gasteiger partial charge in [-0.15, -0.1) is 11.3 Å². The van der Waals surface area contributed by atoms with E-state index in [9.17, 15) is 0 Å². The lowest BCUT2D eigenvalue weighted by atomic mass is 9.96. The molecule has 0 bridgehead atoms. The fourth-order valence-corrected chi connectivity index (χ4v) is 7.97. The zero-order valence-electron chi connectivity index (χ0n) is 26.5. The van der Waals surface area contributed by atoms with E-state index < -0.39 is 0 Å². The van der Waals surface area contributed by atoms with Gasteiger partial charge in [0, 0.05) is 22.5 Å². The van der Waals surface area contributed by atoms with Crippen LogP contribution >= 0.6 is 11.3 Å². The summed E-state index contributed by atoms with van der Waals surface area (Å²) in [5, 5.41) is 1.29. The second kappa shape index (κ2) is 14.6. The Morgan fingerprint density at radius 1 is 0.841 bits per heavy atom. The van der Waals surface area contributed by atoms with Crippen molar-refractivity contribution >= 4 is 21.4 Å². The van der Waals surface area contributed by atoms with E-state index in [0.717, 1.165) is 62.8 Å². The maximum Gasteiger partial charge on any atom is 0.120 e. The van der Waals surface area contributed by atoms with Crippen LogP contribution in [0.3, 0.4) is 0 Å². The van der Waals surface area contributed by atoms with Gasteiger partial charge in [-0.05, 0) is 129 Å². The molecule has 0 saturated carbocycles. The van der Waals surface area contributed by atoms with Gasteiger partial charge >= 0.3 is 0 Å². The third-order valence-corrected chi connectivity index (χ3v) is 10.5. The van der Waals surface area contributed by atoms with E-state index in [2.05, 4.69) is 103 Å². The zero-order valence-corrected chi connectivity index (χ0v) is 27.3. The Kier molecular flexibility index (Phi) is 10.2. The van der Waals surface area contributed by atoms with Crippen molar-refractivity contribution in [3.8, 4) is 27.7 Å². The quantitative estimate of drug-likeness (QED) is 0.142. The highest BCUT2D eigenvalue weighted by Gasteiger charge is 2.28. The van der Waals surface area contributed by atoms with Crippen LogP contribution in [0.4, 0.5) is 0 Å². The normalized spacial score (nSPS) is 18.7. The van der Waals surface area contributed by atoms with Crippen LogP contribution in [0.2, 0.25) is 0 Å². The predicted molar refractivity (Wildman–Crippen MR) is 184 cm³/mol. The molecule has 44 heavy (non-hydrogen) atoms. The van der Waals surface area contributed by atoms with Crippen LogP contribution in [0.5, 0.6) is 17.2 Å². The van der Waals surface area contributed by atoms with Crippen molar-refractivity contribution in [1.29, 1.82) is 0 Å². The van der Waals surface area contributed by atoms with Crippen LogP contribution in [-0.4, -0.2) is 68.4 Å². The molecule has 5 nitrogen and oxygen atoms in total. The number of hydrogen-bond acceptors (Lipinski definition) is 6. The van der Waals surface area contributed by atoms with Crippen LogP contribution in [0.25, 0.3) is 20.5 Å². The molecule has 0 spiro atoms. The fraction of sp³-hybridized carbons (Fsp3) is 0.421. The monoisotopic (exact) mass is 610 g/mol. The molecule has 2 heterocycles. The number of likely N-dealkylation sites (tertiary alicyclic amines) is 1. The van der Waals surface area contributed by atoms with Crippen molar-refractivity contribution in [1.82, 2.24) is 9.80 Å². The van der Waals surface area contributed by atoms with Crippen molar-refractivity contribution in [2.75, 3.05) is 46.4 Å². The third kappa shape index (κ3) is 7.14. The summed E-state index contributed by atoms with van der Waals surface area (Å²) >= 11 is 1.84. The molecule has 1 saturated heterocycles. The predicted octanol–water partition coefficient (Wildman–Crippen LogP) is 8.45. The van der Waals surface area contributed by atoms with Crippen molar-refractivity contribution < 1.29 is 14.2 Å². The van der Waals surface area contributed by atoms with Crippen LogP contribution < -0.4 is 14.2 Å². The van der Waals surface area contributed by atoms with Crippen LogP contribution in [0.1, 0.15) is 50.7 Å². The molecule has 0 N–H and O–H groups in total. The highest BCUT2D eigenvalue weighted by Crippen LogP contribution is 2.42. The highest BCUT2D eigenvalue weighted by atomic mass is 32.1. The molecule has 2 aliphatic rings. The molecule has 4 aromatic rings. The number of ether oxygens (including phenoxy) is 3. The second-order valence-corrected chi connectivity index (χ2v) is 13.0. The average molecular weight is 611 g/mol. The Labute approximate surface area is 267 Å². The Balaban J connectivity index is 1.19. The first-order valence-electron chi connectivity index (χ1n) is 16.3. The molecule has 1 unspecified atom stereocenters. The van der Waals surface area contributed by atoms with E-state index >= 15 is 0 Å². The molecule has 3 aromatic carbocycles. The average Bonchev–Trinajstić information content (AvgIpc) is 3.71. The van der Waals surface area contributed by atoms with Gasteiger partial charge in [-0.1, -0.05) is 38.1 Å². The number of thiophene rings is 1. The van der Waals surface area contributed by atoms with E-state index in [0.29, 0.717) is 6.04 Å². The summed E-state index contributed by atoms with van der Waals surface area (Å²) in [6.07, 6.45) is 10.2. The fourth-order valence-electron chi connectivity index (χ4n) is 6.71. The van der Waals surface area contributed by atoms with E-state index in [1.54, 1.807) is 7.11 Å². The van der Waals surface area contributed by atoms with E-state index in [1.165, 1.54) is 57.6 Å². The Hall–Kier alpha value is -3.32. The van der Waals surface area contributed by atoms with Gasteiger partial charge in [0.15, 0.2) is 0 Å². The molecule has 2 atom stereocenters. The first-order chi connectivity index (χ1) is 21.6. The molecule has 1 aliphatic heterocycles. The van der Waals surface area contributed by atoms with E-state index in [4.69, 9.17) is 14.2 Å². The molecular formula is C38H46N2O3S. The minimum absolute atomic E-state index is 0.181. The summed E-state index contributed by atoms with van der Waals surface area (Å²) in [6.45, 7) is 10.7. The second-order valence-electron chi connectivity index (χ2n) is 11.9. The number of benzene rings is 3. The first-order valence-corrected chi connectivity index (χ1v) is 17.2. The van der Waals surface area contributed by atoms with E-state index in [1.807, 2.05) is 11.3 Å². The van der Waals surface area contributed by atoms with Gasteiger partial charge < -0.3 is 14.2 Å². The van der Waals surface area contributed by atoms with E-state index in [-0.39, 0.29) is 6.10 Å². The molecule has 6 rings (SSSR count). The number of rotatable bonds is 13. The van der Waals surface area contributed by atoms with Gasteiger partial charge in [0.05, 0.1) is 13.2 Å². The van der Waals surface area contributed by atoms with Gasteiger partial charge in [-0.2, -0.15) is 0 Å². The molecule has 232 valence electrons. The van der Waals surface area contributed by atoms with Gasteiger partial charge in [0.2, 0.25) is 0 Å². The van der Waals surface area contributed by atoms with Crippen molar-refractivity contribution in [3.63, 3.8) is 0 Å². The third-order valence-electron chi connectivity index (χ3n) is 9.21. The van der Waals surface area contributed by atoms with Crippen molar-refractivity contribution in [2.24, 2.45) is 0 Å². The number of likely N-dealkylation sites (N-methyl/N-ethyl adjacent to an activating group) is 1. The smallest absolute Gasteiger partial charge is 0.120 e.